The Morgan fingerprint density at radius 3 is 2.09 bits per heavy atom. The summed E-state index contributed by atoms with van der Waals surface area (Å²) in [5.41, 5.74) is -0.860. The number of aliphatic hydroxyl groups excluding tert-OH is 1. The molecule has 0 aliphatic heterocycles. The number of aliphatic hydroxyl groups is 1. The van der Waals surface area contributed by atoms with Gasteiger partial charge in [-0.25, -0.2) is 0 Å². The highest BCUT2D eigenvalue weighted by Crippen LogP contribution is 2.35. The predicted molar refractivity (Wildman–Crippen MR) is 69.5 cm³/mol. The minimum atomic E-state index is -4.98. The van der Waals surface area contributed by atoms with Gasteiger partial charge >= 0.3 is 12.5 Å². The van der Waals surface area contributed by atoms with Gasteiger partial charge < -0.3 is 9.84 Å². The third kappa shape index (κ3) is 4.38. The third-order valence-electron chi connectivity index (χ3n) is 2.99. The summed E-state index contributed by atoms with van der Waals surface area (Å²) in [7, 11) is 0. The van der Waals surface area contributed by atoms with E-state index in [1.54, 1.807) is 0 Å². The molecule has 23 heavy (non-hydrogen) atoms. The average molecular weight is 336 g/mol. The molecule has 1 N–H and O–H groups in total. The molecule has 2 rings (SSSR count). The first-order valence-corrected chi connectivity index (χ1v) is 6.27. The van der Waals surface area contributed by atoms with Crippen LogP contribution in [0, 0.1) is 0 Å². The molecule has 2 aromatic carbocycles. The Morgan fingerprint density at radius 1 is 0.870 bits per heavy atom. The number of hydrogen-bond acceptors (Lipinski definition) is 2. The molecule has 0 spiro atoms. The third-order valence-corrected chi connectivity index (χ3v) is 2.99. The fraction of sp³-hybridized carbons (Fsp3) is 0.200. The molecule has 0 aliphatic carbocycles. The highest BCUT2D eigenvalue weighted by Gasteiger charge is 2.33. The van der Waals surface area contributed by atoms with E-state index in [0.717, 1.165) is 30.3 Å². The first kappa shape index (κ1) is 17.1. The normalized spacial score (nSPS) is 12.3. The molecule has 0 bridgehead atoms. The van der Waals surface area contributed by atoms with Crippen molar-refractivity contribution in [3.05, 3.63) is 53.6 Å². The van der Waals surface area contributed by atoms with Crippen LogP contribution in [0.5, 0.6) is 5.75 Å². The lowest BCUT2D eigenvalue weighted by atomic mass is 10.0. The van der Waals surface area contributed by atoms with Gasteiger partial charge in [0.2, 0.25) is 0 Å². The maximum atomic E-state index is 12.7. The molecule has 124 valence electrons. The Morgan fingerprint density at radius 2 is 1.52 bits per heavy atom. The maximum absolute atomic E-state index is 12.7. The first-order valence-electron chi connectivity index (χ1n) is 6.27. The van der Waals surface area contributed by atoms with E-state index in [1.807, 2.05) is 0 Å². The average Bonchev–Trinajstić information content (AvgIpc) is 2.45. The Balaban J connectivity index is 2.46. The summed E-state index contributed by atoms with van der Waals surface area (Å²) in [5.74, 6) is -0.657. The molecule has 0 fully saturated rings. The molecule has 0 aromatic heterocycles. The first-order chi connectivity index (χ1) is 10.6. The fourth-order valence-corrected chi connectivity index (χ4v) is 1.96. The molecule has 0 saturated heterocycles. The van der Waals surface area contributed by atoms with E-state index in [1.165, 1.54) is 12.1 Å². The van der Waals surface area contributed by atoms with Crippen molar-refractivity contribution in [2.24, 2.45) is 0 Å². The van der Waals surface area contributed by atoms with Crippen LogP contribution in [-0.2, 0) is 12.8 Å². The van der Waals surface area contributed by atoms with Crippen LogP contribution in [0.2, 0.25) is 0 Å². The molecular weight excluding hydrogens is 326 g/mol. The number of halogens is 6. The second-order valence-electron chi connectivity index (χ2n) is 4.61. The zero-order chi connectivity index (χ0) is 17.3. The number of hydrogen-bond donors (Lipinski definition) is 1. The second kappa shape index (κ2) is 6.11. The summed E-state index contributed by atoms with van der Waals surface area (Å²) in [6, 6.07) is 7.59. The van der Waals surface area contributed by atoms with Gasteiger partial charge in [0.15, 0.2) is 0 Å². The number of benzene rings is 2. The molecule has 8 heteroatoms. The summed E-state index contributed by atoms with van der Waals surface area (Å²) in [5, 5.41) is 9.03. The second-order valence-corrected chi connectivity index (χ2v) is 4.61. The van der Waals surface area contributed by atoms with Gasteiger partial charge in [-0.05, 0) is 29.3 Å². The van der Waals surface area contributed by atoms with Crippen molar-refractivity contribution in [3.8, 4) is 16.9 Å². The molecular formula is C15H10F6O2. The Kier molecular flexibility index (Phi) is 4.56. The SMILES string of the molecule is OCc1ccc(-c2cccc(C(F)(F)F)c2)cc1OC(F)(F)F. The lowest BCUT2D eigenvalue weighted by molar-refractivity contribution is -0.275. The van der Waals surface area contributed by atoms with E-state index in [9.17, 15) is 26.3 Å². The van der Waals surface area contributed by atoms with Crippen LogP contribution in [0.15, 0.2) is 42.5 Å². The van der Waals surface area contributed by atoms with E-state index in [-0.39, 0.29) is 16.7 Å². The van der Waals surface area contributed by atoms with Crippen molar-refractivity contribution < 1.29 is 36.2 Å². The van der Waals surface area contributed by atoms with Crippen molar-refractivity contribution in [2.75, 3.05) is 0 Å². The van der Waals surface area contributed by atoms with Gasteiger partial charge in [0.05, 0.1) is 12.2 Å². The minimum absolute atomic E-state index is 0.0799. The topological polar surface area (TPSA) is 29.5 Å². The van der Waals surface area contributed by atoms with E-state index >= 15 is 0 Å². The van der Waals surface area contributed by atoms with Gasteiger partial charge in [0, 0.05) is 5.56 Å². The van der Waals surface area contributed by atoms with E-state index in [0.29, 0.717) is 0 Å². The number of rotatable bonds is 3. The molecule has 0 amide bonds. The van der Waals surface area contributed by atoms with Gasteiger partial charge in [-0.1, -0.05) is 24.3 Å². The van der Waals surface area contributed by atoms with E-state index < -0.39 is 30.5 Å². The van der Waals surface area contributed by atoms with E-state index in [2.05, 4.69) is 4.74 Å². The molecule has 0 unspecified atom stereocenters. The summed E-state index contributed by atoms with van der Waals surface area (Å²) >= 11 is 0. The van der Waals surface area contributed by atoms with Crippen molar-refractivity contribution in [2.45, 2.75) is 19.1 Å². The van der Waals surface area contributed by atoms with Gasteiger partial charge in [0.25, 0.3) is 0 Å². The van der Waals surface area contributed by atoms with E-state index in [4.69, 9.17) is 5.11 Å². The zero-order valence-corrected chi connectivity index (χ0v) is 11.4. The standard InChI is InChI=1S/C15H10F6O2/c16-14(17,18)12-3-1-2-9(6-12)10-4-5-11(8-22)13(7-10)23-15(19,20)21/h1-7,22H,8H2. The predicted octanol–water partition coefficient (Wildman–Crippen LogP) is 4.76. The van der Waals surface area contributed by atoms with Crippen LogP contribution in [0.3, 0.4) is 0 Å². The van der Waals surface area contributed by atoms with Crippen LogP contribution < -0.4 is 4.74 Å². The molecule has 0 radical (unpaired) electrons. The van der Waals surface area contributed by atoms with Crippen molar-refractivity contribution >= 4 is 0 Å². The van der Waals surface area contributed by atoms with Crippen molar-refractivity contribution in [1.82, 2.24) is 0 Å². The maximum Gasteiger partial charge on any atom is 0.573 e. The molecule has 0 atom stereocenters. The smallest absolute Gasteiger partial charge is 0.405 e. The Bertz CT molecular complexity index is 691. The van der Waals surface area contributed by atoms with Crippen LogP contribution in [0.4, 0.5) is 26.3 Å². The molecule has 0 aliphatic rings. The van der Waals surface area contributed by atoms with Gasteiger partial charge in [-0.15, -0.1) is 13.2 Å². The van der Waals surface area contributed by atoms with Crippen LogP contribution in [0.1, 0.15) is 11.1 Å². The lowest BCUT2D eigenvalue weighted by Gasteiger charge is -2.14. The number of alkyl halides is 6. The van der Waals surface area contributed by atoms with Crippen molar-refractivity contribution in [3.63, 3.8) is 0 Å². The van der Waals surface area contributed by atoms with Gasteiger partial charge in [-0.3, -0.25) is 0 Å². The van der Waals surface area contributed by atoms with Crippen LogP contribution in [0.25, 0.3) is 11.1 Å². The Hall–Kier alpha value is -2.22. The quantitative estimate of drug-likeness (QED) is 0.819. The summed E-state index contributed by atoms with van der Waals surface area (Å²) in [6.07, 6.45) is -9.54. The minimum Gasteiger partial charge on any atom is -0.405 e. The molecule has 2 aromatic rings. The number of ether oxygens (including phenoxy) is 1. The highest BCUT2D eigenvalue weighted by atomic mass is 19.4. The fourth-order valence-electron chi connectivity index (χ4n) is 1.96. The highest BCUT2D eigenvalue weighted by molar-refractivity contribution is 5.67. The molecule has 2 nitrogen and oxygen atoms in total. The van der Waals surface area contributed by atoms with Gasteiger partial charge in [-0.2, -0.15) is 13.2 Å². The van der Waals surface area contributed by atoms with Crippen molar-refractivity contribution in [1.29, 1.82) is 0 Å². The molecule has 0 saturated carbocycles. The summed E-state index contributed by atoms with van der Waals surface area (Å²) in [6.45, 7) is -0.700. The van der Waals surface area contributed by atoms with Crippen LogP contribution in [-0.4, -0.2) is 11.5 Å². The Labute approximate surface area is 126 Å². The monoisotopic (exact) mass is 336 g/mol. The van der Waals surface area contributed by atoms with Gasteiger partial charge in [0.1, 0.15) is 5.75 Å². The molecule has 0 heterocycles. The zero-order valence-electron chi connectivity index (χ0n) is 11.4. The summed E-state index contributed by atoms with van der Waals surface area (Å²) in [4.78, 5) is 0. The largest absolute Gasteiger partial charge is 0.573 e. The summed E-state index contributed by atoms with van der Waals surface area (Å²) < 4.78 is 79.0. The lowest BCUT2D eigenvalue weighted by Crippen LogP contribution is -2.18. The van der Waals surface area contributed by atoms with Crippen LogP contribution >= 0.6 is 0 Å².